The van der Waals surface area contributed by atoms with E-state index >= 15 is 0 Å². The number of phosphoric acid groups is 2. The van der Waals surface area contributed by atoms with Gasteiger partial charge >= 0.3 is 39.5 Å². The van der Waals surface area contributed by atoms with E-state index in [4.69, 9.17) is 37.0 Å². The maximum Gasteiger partial charge on any atom is 0.472 e. The van der Waals surface area contributed by atoms with Crippen molar-refractivity contribution in [1.29, 1.82) is 0 Å². The van der Waals surface area contributed by atoms with Crippen molar-refractivity contribution < 1.29 is 80.2 Å². The van der Waals surface area contributed by atoms with Crippen molar-refractivity contribution in [1.82, 2.24) is 0 Å². The van der Waals surface area contributed by atoms with Crippen LogP contribution in [0.2, 0.25) is 0 Å². The van der Waals surface area contributed by atoms with Crippen molar-refractivity contribution in [3.63, 3.8) is 0 Å². The number of phosphoric ester groups is 2. The smallest absolute Gasteiger partial charge is 0.462 e. The van der Waals surface area contributed by atoms with E-state index in [1.807, 2.05) is 18.2 Å². The summed E-state index contributed by atoms with van der Waals surface area (Å²) in [5.41, 5.74) is 0. The third-order valence-corrected chi connectivity index (χ3v) is 18.6. The van der Waals surface area contributed by atoms with Crippen molar-refractivity contribution in [3.05, 3.63) is 109 Å². The van der Waals surface area contributed by atoms with E-state index in [2.05, 4.69) is 119 Å². The van der Waals surface area contributed by atoms with Crippen molar-refractivity contribution in [2.75, 3.05) is 39.6 Å². The lowest BCUT2D eigenvalue weighted by Gasteiger charge is -2.21. The van der Waals surface area contributed by atoms with Gasteiger partial charge < -0.3 is 33.8 Å². The van der Waals surface area contributed by atoms with Gasteiger partial charge in [-0.15, -0.1) is 0 Å². The molecule has 5 atom stereocenters. The predicted octanol–water partition coefficient (Wildman–Crippen LogP) is 23.3. The van der Waals surface area contributed by atoms with Crippen molar-refractivity contribution in [3.8, 4) is 0 Å². The van der Waals surface area contributed by atoms with Gasteiger partial charge in [-0.2, -0.15) is 0 Å². The lowest BCUT2D eigenvalue weighted by Crippen LogP contribution is -2.30. The van der Waals surface area contributed by atoms with Gasteiger partial charge in [-0.3, -0.25) is 37.3 Å². The van der Waals surface area contributed by atoms with Crippen LogP contribution in [0.15, 0.2) is 109 Å². The Kier molecular flexibility index (Phi) is 71.8. The van der Waals surface area contributed by atoms with Gasteiger partial charge in [0, 0.05) is 25.7 Å². The Bertz CT molecular complexity index is 2360. The third-order valence-electron chi connectivity index (χ3n) is 16.7. The number of aliphatic hydroxyl groups excluding tert-OH is 1. The Morgan fingerprint density at radius 3 is 0.853 bits per heavy atom. The largest absolute Gasteiger partial charge is 0.472 e. The molecule has 102 heavy (non-hydrogen) atoms. The minimum atomic E-state index is -4.99. The zero-order valence-electron chi connectivity index (χ0n) is 64.3. The van der Waals surface area contributed by atoms with E-state index in [0.29, 0.717) is 32.1 Å². The number of rotatable bonds is 75. The molecule has 0 aromatic heterocycles. The molecule has 0 bridgehead atoms. The number of carbonyl (C=O) groups is 4. The van der Waals surface area contributed by atoms with Crippen LogP contribution in [-0.4, -0.2) is 96.7 Å². The Labute approximate surface area is 619 Å². The number of allylic oxidation sites excluding steroid dienone is 18. The fraction of sp³-hybridized carbons (Fsp3) is 0.735. The zero-order chi connectivity index (χ0) is 74.6. The molecule has 0 aromatic carbocycles. The highest BCUT2D eigenvalue weighted by molar-refractivity contribution is 7.47. The van der Waals surface area contributed by atoms with Crippen LogP contribution in [0.25, 0.3) is 0 Å². The normalized spacial score (nSPS) is 14.5. The minimum absolute atomic E-state index is 0.0338. The van der Waals surface area contributed by atoms with E-state index in [-0.39, 0.29) is 25.7 Å². The maximum atomic E-state index is 13.1. The standard InChI is InChI=1S/C83H144O17P2/c1-5-9-13-17-21-25-29-33-36-37-38-39-42-45-48-52-56-60-64-68-81(86)94-73-78(99-82(87)69-65-61-57-53-49-43-32-28-24-20-16-12-8-4)75-97-101(89,90)95-71-77(84)72-96-102(91,92)98-76-79(100-83(88)70-66-62-58-54-50-46-41-35-31-27-23-19-15-11-7-3)74-93-80(85)67-63-59-55-51-47-44-40-34-30-26-22-18-14-10-6-2/h9,13,21,25-26,28,30,32-33,35-36,38-39,41,45,48,56,60,77-79,84H,5-8,10-12,14-20,22-24,27,29,31,34,37,40,42-44,46-47,49-55,57-59,61-76H2,1-4H3,(H,89,90)(H,91,92)/b13-9-,25-21-,30-26-,32-28-,36-33-,39-38-,41-35-,48-45-,60-56-/t77-,78-,79-/m1/s1. The van der Waals surface area contributed by atoms with Crippen molar-refractivity contribution in [2.45, 2.75) is 354 Å². The van der Waals surface area contributed by atoms with Crippen LogP contribution in [0.5, 0.6) is 0 Å². The first kappa shape index (κ1) is 97.7. The molecule has 19 heteroatoms. The highest BCUT2D eigenvalue weighted by Gasteiger charge is 2.30. The monoisotopic (exact) mass is 1470 g/mol. The zero-order valence-corrected chi connectivity index (χ0v) is 66.0. The average molecular weight is 1480 g/mol. The molecule has 0 spiro atoms. The number of unbranched alkanes of at least 4 members (excludes halogenated alkanes) is 31. The van der Waals surface area contributed by atoms with Crippen LogP contribution in [0.1, 0.15) is 336 Å². The Morgan fingerprint density at radius 2 is 0.529 bits per heavy atom. The number of hydrogen-bond acceptors (Lipinski definition) is 15. The SMILES string of the molecule is CC/C=C\C/C=C\C/C=C\C/C=C\C/C=C\C/C=C\CCC(=O)OC[C@H](COP(=O)(O)OC[C@@H](O)COP(=O)(O)OC[C@@H](COC(=O)CCCCCCCCC/C=C\CCCCCC)OC(=O)CCCCCCC/C=C\CCCCCCCC)OC(=O)CCCCCCC/C=C\CCCCCC. The van der Waals surface area contributed by atoms with Gasteiger partial charge in [-0.1, -0.05) is 278 Å². The van der Waals surface area contributed by atoms with Gasteiger partial charge in [0.05, 0.1) is 26.4 Å². The summed E-state index contributed by atoms with van der Waals surface area (Å²) in [6, 6.07) is 0. The van der Waals surface area contributed by atoms with Crippen LogP contribution >= 0.6 is 15.6 Å². The minimum Gasteiger partial charge on any atom is -0.462 e. The highest BCUT2D eigenvalue weighted by Crippen LogP contribution is 2.45. The molecular weight excluding hydrogens is 1330 g/mol. The molecule has 0 rings (SSSR count). The number of ether oxygens (including phenoxy) is 4. The quantitative estimate of drug-likeness (QED) is 0.0169. The van der Waals surface area contributed by atoms with Gasteiger partial charge in [-0.25, -0.2) is 9.13 Å². The number of hydrogen-bond donors (Lipinski definition) is 3. The second-order valence-electron chi connectivity index (χ2n) is 26.6. The summed E-state index contributed by atoms with van der Waals surface area (Å²) in [7, 11) is -9.98. The molecule has 0 heterocycles. The molecule has 0 saturated carbocycles. The first-order valence-corrected chi connectivity index (χ1v) is 43.1. The van der Waals surface area contributed by atoms with Crippen LogP contribution in [0.4, 0.5) is 0 Å². The number of aliphatic hydroxyl groups is 1. The average Bonchev–Trinajstić information content (AvgIpc) is 0.908. The third kappa shape index (κ3) is 74.0. The molecule has 0 radical (unpaired) electrons. The summed E-state index contributed by atoms with van der Waals surface area (Å²) in [5, 5.41) is 10.6. The van der Waals surface area contributed by atoms with E-state index in [9.17, 15) is 43.2 Å². The van der Waals surface area contributed by atoms with Gasteiger partial charge in [-0.05, 0) is 141 Å². The van der Waals surface area contributed by atoms with Gasteiger partial charge in [0.15, 0.2) is 12.2 Å². The molecule has 2 unspecified atom stereocenters. The summed E-state index contributed by atoms with van der Waals surface area (Å²) in [5.74, 6) is -2.28. The fourth-order valence-corrected chi connectivity index (χ4v) is 12.2. The number of carbonyl (C=O) groups excluding carboxylic acids is 4. The summed E-state index contributed by atoms with van der Waals surface area (Å²) in [4.78, 5) is 72.9. The molecule has 0 fully saturated rings. The van der Waals surface area contributed by atoms with E-state index in [1.54, 1.807) is 0 Å². The Morgan fingerprint density at radius 1 is 0.284 bits per heavy atom. The molecule has 588 valence electrons. The van der Waals surface area contributed by atoms with Gasteiger partial charge in [0.25, 0.3) is 0 Å². The van der Waals surface area contributed by atoms with Crippen LogP contribution in [0.3, 0.4) is 0 Å². The van der Waals surface area contributed by atoms with Crippen LogP contribution in [-0.2, 0) is 65.4 Å². The van der Waals surface area contributed by atoms with Gasteiger partial charge in [0.2, 0.25) is 0 Å². The molecular formula is C83H144O17P2. The summed E-state index contributed by atoms with van der Waals surface area (Å²) in [6.45, 7) is 4.65. The molecule has 0 amide bonds. The van der Waals surface area contributed by atoms with Crippen molar-refractivity contribution in [2.24, 2.45) is 0 Å². The molecule has 0 aliphatic heterocycles. The molecule has 3 N–H and O–H groups in total. The number of esters is 4. The molecule has 0 aliphatic rings. The predicted molar refractivity (Wildman–Crippen MR) is 418 cm³/mol. The van der Waals surface area contributed by atoms with E-state index in [0.717, 1.165) is 148 Å². The summed E-state index contributed by atoms with van der Waals surface area (Å²) in [6.07, 6.45) is 80.8. The maximum absolute atomic E-state index is 13.1. The van der Waals surface area contributed by atoms with Crippen molar-refractivity contribution >= 4 is 39.5 Å². The van der Waals surface area contributed by atoms with E-state index in [1.165, 1.54) is 103 Å². The highest BCUT2D eigenvalue weighted by atomic mass is 31.2. The fourth-order valence-electron chi connectivity index (χ4n) is 10.6. The lowest BCUT2D eigenvalue weighted by atomic mass is 10.1. The van der Waals surface area contributed by atoms with Crippen LogP contribution < -0.4 is 0 Å². The Hall–Kier alpha value is -4.28. The lowest BCUT2D eigenvalue weighted by molar-refractivity contribution is -0.161. The molecule has 0 saturated heterocycles. The summed E-state index contributed by atoms with van der Waals surface area (Å²) >= 11 is 0. The first-order chi connectivity index (χ1) is 49.7. The Balaban J connectivity index is 5.41. The molecule has 0 aromatic rings. The van der Waals surface area contributed by atoms with Crippen LogP contribution in [0, 0.1) is 0 Å². The molecule has 0 aliphatic carbocycles. The van der Waals surface area contributed by atoms with Gasteiger partial charge in [0.1, 0.15) is 19.3 Å². The van der Waals surface area contributed by atoms with E-state index < -0.39 is 97.5 Å². The first-order valence-electron chi connectivity index (χ1n) is 40.1. The second-order valence-corrected chi connectivity index (χ2v) is 29.5. The second kappa shape index (κ2) is 75.0. The molecule has 17 nitrogen and oxygen atoms in total. The summed E-state index contributed by atoms with van der Waals surface area (Å²) < 4.78 is 68.5. The topological polar surface area (TPSA) is 237 Å².